The molecule has 0 radical (unpaired) electrons. The number of aromatic nitrogens is 3. The van der Waals surface area contributed by atoms with Gasteiger partial charge in [0.25, 0.3) is 0 Å². The molecule has 0 aliphatic carbocycles. The zero-order valence-electron chi connectivity index (χ0n) is 11.0. The van der Waals surface area contributed by atoms with Gasteiger partial charge in [0.15, 0.2) is 0 Å². The number of hydrogen-bond acceptors (Lipinski definition) is 8. The summed E-state index contributed by atoms with van der Waals surface area (Å²) in [5.41, 5.74) is 5.59. The highest BCUT2D eigenvalue weighted by atomic mass is 16.5. The van der Waals surface area contributed by atoms with Gasteiger partial charge in [-0.3, -0.25) is 0 Å². The van der Waals surface area contributed by atoms with Gasteiger partial charge >= 0.3 is 0 Å². The summed E-state index contributed by atoms with van der Waals surface area (Å²) in [5, 5.41) is 3.02. The molecule has 0 amide bonds. The first-order valence-corrected chi connectivity index (χ1v) is 5.63. The SMILES string of the molecule is COCCOCCNc1nc(N)nc(N(C)C)n1. The molecule has 0 spiro atoms. The lowest BCUT2D eigenvalue weighted by atomic mass is 10.6. The molecule has 0 aliphatic heterocycles. The predicted molar refractivity (Wildman–Crippen MR) is 69.8 cm³/mol. The molecule has 1 rings (SSSR count). The number of nitrogens with two attached hydrogens (primary N) is 1. The van der Waals surface area contributed by atoms with Gasteiger partial charge in [-0.25, -0.2) is 0 Å². The minimum absolute atomic E-state index is 0.191. The molecule has 0 aromatic carbocycles. The molecule has 1 aromatic heterocycles. The Morgan fingerprint density at radius 2 is 1.94 bits per heavy atom. The number of hydrogen-bond donors (Lipinski definition) is 2. The summed E-state index contributed by atoms with van der Waals surface area (Å²) in [6, 6.07) is 0. The van der Waals surface area contributed by atoms with E-state index in [-0.39, 0.29) is 5.95 Å². The van der Waals surface area contributed by atoms with E-state index in [2.05, 4.69) is 20.3 Å². The summed E-state index contributed by atoms with van der Waals surface area (Å²) >= 11 is 0. The molecule has 0 bridgehead atoms. The summed E-state index contributed by atoms with van der Waals surface area (Å²) < 4.78 is 10.2. The number of anilines is 3. The Hall–Kier alpha value is -1.67. The molecular formula is C10H20N6O2. The van der Waals surface area contributed by atoms with Crippen LogP contribution in [-0.4, -0.2) is 62.5 Å². The number of nitrogens with zero attached hydrogens (tertiary/aromatic N) is 4. The maximum absolute atomic E-state index is 5.59. The maximum atomic E-state index is 5.59. The van der Waals surface area contributed by atoms with Crippen molar-refractivity contribution in [2.45, 2.75) is 0 Å². The summed E-state index contributed by atoms with van der Waals surface area (Å²) in [7, 11) is 5.32. The topological polar surface area (TPSA) is 98.4 Å². The number of methoxy groups -OCH3 is 1. The number of nitrogen functional groups attached to an aromatic ring is 1. The molecule has 0 unspecified atom stereocenters. The molecule has 0 saturated heterocycles. The Balaban J connectivity index is 2.37. The second-order valence-electron chi connectivity index (χ2n) is 3.74. The predicted octanol–water partition coefficient (Wildman–Crippen LogP) is -0.405. The van der Waals surface area contributed by atoms with Crippen LogP contribution < -0.4 is 16.0 Å². The van der Waals surface area contributed by atoms with Gasteiger partial charge in [-0.05, 0) is 0 Å². The smallest absolute Gasteiger partial charge is 0.231 e. The van der Waals surface area contributed by atoms with E-state index in [1.807, 2.05) is 14.1 Å². The molecular weight excluding hydrogens is 236 g/mol. The second kappa shape index (κ2) is 7.62. The minimum Gasteiger partial charge on any atom is -0.382 e. The fourth-order valence-electron chi connectivity index (χ4n) is 1.14. The molecule has 0 saturated carbocycles. The summed E-state index contributed by atoms with van der Waals surface area (Å²) in [4.78, 5) is 13.9. The lowest BCUT2D eigenvalue weighted by Gasteiger charge is -2.12. The first kappa shape index (κ1) is 14.4. The van der Waals surface area contributed by atoms with Gasteiger partial charge in [0.05, 0.1) is 19.8 Å². The molecule has 3 N–H and O–H groups in total. The van der Waals surface area contributed by atoms with Crippen LogP contribution in [0.15, 0.2) is 0 Å². The number of nitrogens with one attached hydrogen (secondary N) is 1. The first-order valence-electron chi connectivity index (χ1n) is 5.63. The zero-order valence-corrected chi connectivity index (χ0v) is 11.0. The van der Waals surface area contributed by atoms with Gasteiger partial charge in [0.1, 0.15) is 0 Å². The quantitative estimate of drug-likeness (QED) is 0.606. The highest BCUT2D eigenvalue weighted by Gasteiger charge is 2.05. The molecule has 0 aliphatic rings. The molecule has 102 valence electrons. The number of rotatable bonds is 8. The third kappa shape index (κ3) is 5.11. The van der Waals surface area contributed by atoms with Gasteiger partial charge in [0, 0.05) is 27.7 Å². The van der Waals surface area contributed by atoms with Crippen LogP contribution in [0.4, 0.5) is 17.8 Å². The second-order valence-corrected chi connectivity index (χ2v) is 3.74. The number of ether oxygens (including phenoxy) is 2. The molecule has 18 heavy (non-hydrogen) atoms. The van der Waals surface area contributed by atoms with E-state index in [9.17, 15) is 0 Å². The van der Waals surface area contributed by atoms with E-state index in [0.29, 0.717) is 38.3 Å². The minimum atomic E-state index is 0.191. The van der Waals surface area contributed by atoms with Crippen molar-refractivity contribution in [3.63, 3.8) is 0 Å². The lowest BCUT2D eigenvalue weighted by Crippen LogP contribution is -2.18. The Kier molecular flexibility index (Phi) is 6.09. The van der Waals surface area contributed by atoms with E-state index < -0.39 is 0 Å². The summed E-state index contributed by atoms with van der Waals surface area (Å²) in [6.07, 6.45) is 0. The van der Waals surface area contributed by atoms with Crippen LogP contribution in [0.5, 0.6) is 0 Å². The van der Waals surface area contributed by atoms with E-state index in [1.54, 1.807) is 12.0 Å². The lowest BCUT2D eigenvalue weighted by molar-refractivity contribution is 0.0759. The van der Waals surface area contributed by atoms with Crippen molar-refractivity contribution in [2.75, 3.05) is 63.5 Å². The highest BCUT2D eigenvalue weighted by molar-refractivity contribution is 5.40. The molecule has 8 heteroatoms. The monoisotopic (exact) mass is 256 g/mol. The van der Waals surface area contributed by atoms with Gasteiger partial charge in [-0.2, -0.15) is 15.0 Å². The van der Waals surface area contributed by atoms with Crippen molar-refractivity contribution in [3.8, 4) is 0 Å². The molecule has 0 fully saturated rings. The average Bonchev–Trinajstić information content (AvgIpc) is 2.33. The van der Waals surface area contributed by atoms with E-state index >= 15 is 0 Å². The molecule has 8 nitrogen and oxygen atoms in total. The highest BCUT2D eigenvalue weighted by Crippen LogP contribution is 2.08. The van der Waals surface area contributed by atoms with Gasteiger partial charge < -0.3 is 25.4 Å². The fraction of sp³-hybridized carbons (Fsp3) is 0.700. The van der Waals surface area contributed by atoms with Crippen LogP contribution >= 0.6 is 0 Å². The van der Waals surface area contributed by atoms with Crippen molar-refractivity contribution in [1.29, 1.82) is 0 Å². The third-order valence-corrected chi connectivity index (χ3v) is 2.00. The van der Waals surface area contributed by atoms with E-state index in [0.717, 1.165) is 0 Å². The van der Waals surface area contributed by atoms with Crippen LogP contribution in [0.1, 0.15) is 0 Å². The van der Waals surface area contributed by atoms with Crippen molar-refractivity contribution in [1.82, 2.24) is 15.0 Å². The standard InChI is InChI=1S/C10H20N6O2/c1-16(2)10-14-8(11)13-9(15-10)12-4-5-18-7-6-17-3/h4-7H2,1-3H3,(H3,11,12,13,14,15). The van der Waals surface area contributed by atoms with Gasteiger partial charge in [-0.1, -0.05) is 0 Å². The third-order valence-electron chi connectivity index (χ3n) is 2.00. The van der Waals surface area contributed by atoms with Crippen LogP contribution in [0.3, 0.4) is 0 Å². The Labute approximate surface area is 107 Å². The molecule has 1 aromatic rings. The van der Waals surface area contributed by atoms with E-state index in [4.69, 9.17) is 15.2 Å². The zero-order chi connectivity index (χ0) is 13.4. The molecule has 0 atom stereocenters. The van der Waals surface area contributed by atoms with Crippen molar-refractivity contribution < 1.29 is 9.47 Å². The van der Waals surface area contributed by atoms with Crippen molar-refractivity contribution in [2.24, 2.45) is 0 Å². The Morgan fingerprint density at radius 3 is 2.61 bits per heavy atom. The van der Waals surface area contributed by atoms with Crippen molar-refractivity contribution >= 4 is 17.8 Å². The summed E-state index contributed by atoms with van der Waals surface area (Å²) in [5.74, 6) is 1.16. The van der Waals surface area contributed by atoms with Gasteiger partial charge in [-0.15, -0.1) is 0 Å². The van der Waals surface area contributed by atoms with Crippen LogP contribution in [-0.2, 0) is 9.47 Å². The summed E-state index contributed by atoms with van der Waals surface area (Å²) in [6.45, 7) is 2.30. The fourth-order valence-corrected chi connectivity index (χ4v) is 1.14. The van der Waals surface area contributed by atoms with Crippen LogP contribution in [0, 0.1) is 0 Å². The maximum Gasteiger partial charge on any atom is 0.231 e. The Bertz CT molecular complexity index is 360. The molecule has 1 heterocycles. The first-order chi connectivity index (χ1) is 8.63. The normalized spacial score (nSPS) is 10.4. The van der Waals surface area contributed by atoms with Crippen molar-refractivity contribution in [3.05, 3.63) is 0 Å². The largest absolute Gasteiger partial charge is 0.382 e. The average molecular weight is 256 g/mol. The van der Waals surface area contributed by atoms with Crippen LogP contribution in [0.2, 0.25) is 0 Å². The van der Waals surface area contributed by atoms with E-state index in [1.165, 1.54) is 0 Å². The van der Waals surface area contributed by atoms with Crippen LogP contribution in [0.25, 0.3) is 0 Å². The Morgan fingerprint density at radius 1 is 1.17 bits per heavy atom. The van der Waals surface area contributed by atoms with Gasteiger partial charge in [0.2, 0.25) is 17.8 Å².